The van der Waals surface area contributed by atoms with Gasteiger partial charge in [0.25, 0.3) is 0 Å². The standard InChI is InChI=1S/C18H18N4O2/c1-12-8-17(21-24-11-13-6-7-23-10-13)22-16-5-3-2-4-15(16)20-18(22)14(12)9-19/h2-5,8,13,21H,6-7,10-11H2,1H3. The normalized spacial score (nSPS) is 17.4. The van der Waals surface area contributed by atoms with Gasteiger partial charge in [-0.25, -0.2) is 4.98 Å². The van der Waals surface area contributed by atoms with Gasteiger partial charge in [0.05, 0.1) is 29.8 Å². The largest absolute Gasteiger partial charge is 0.381 e. The number of nitriles is 1. The first-order valence-electron chi connectivity index (χ1n) is 8.04. The number of benzene rings is 1. The number of anilines is 1. The van der Waals surface area contributed by atoms with Gasteiger partial charge in [-0.1, -0.05) is 12.1 Å². The van der Waals surface area contributed by atoms with Gasteiger partial charge >= 0.3 is 0 Å². The van der Waals surface area contributed by atoms with E-state index in [0.29, 0.717) is 23.7 Å². The number of nitrogens with one attached hydrogen (secondary N) is 1. The fourth-order valence-corrected chi connectivity index (χ4v) is 3.12. The number of para-hydroxylation sites is 2. The maximum atomic E-state index is 9.48. The summed E-state index contributed by atoms with van der Waals surface area (Å²) in [6.07, 6.45) is 1.03. The minimum Gasteiger partial charge on any atom is -0.381 e. The van der Waals surface area contributed by atoms with Crippen LogP contribution in [0.15, 0.2) is 30.3 Å². The average Bonchev–Trinajstić information content (AvgIpc) is 3.22. The molecule has 3 aromatic rings. The van der Waals surface area contributed by atoms with E-state index in [0.717, 1.165) is 42.0 Å². The Morgan fingerprint density at radius 1 is 1.46 bits per heavy atom. The van der Waals surface area contributed by atoms with Crippen LogP contribution in [0.2, 0.25) is 0 Å². The van der Waals surface area contributed by atoms with Crippen molar-refractivity contribution in [3.63, 3.8) is 0 Å². The molecule has 24 heavy (non-hydrogen) atoms. The Kier molecular flexibility index (Phi) is 3.81. The second-order valence-corrected chi connectivity index (χ2v) is 6.10. The van der Waals surface area contributed by atoms with Crippen molar-refractivity contribution in [1.82, 2.24) is 9.38 Å². The predicted octanol–water partition coefficient (Wildman–Crippen LogP) is 3.05. The molecule has 1 aliphatic rings. The molecule has 0 bridgehead atoms. The molecule has 6 heteroatoms. The summed E-state index contributed by atoms with van der Waals surface area (Å²) in [6.45, 7) is 4.05. The molecule has 0 spiro atoms. The van der Waals surface area contributed by atoms with E-state index in [1.54, 1.807) is 0 Å². The first-order valence-corrected chi connectivity index (χ1v) is 8.04. The highest BCUT2D eigenvalue weighted by atomic mass is 16.6. The Labute approximate surface area is 139 Å². The summed E-state index contributed by atoms with van der Waals surface area (Å²) < 4.78 is 7.30. The number of rotatable bonds is 4. The van der Waals surface area contributed by atoms with E-state index in [2.05, 4.69) is 16.5 Å². The van der Waals surface area contributed by atoms with Crippen molar-refractivity contribution < 1.29 is 9.57 Å². The number of nitrogens with zero attached hydrogens (tertiary/aromatic N) is 3. The fourth-order valence-electron chi connectivity index (χ4n) is 3.12. The minimum absolute atomic E-state index is 0.423. The highest BCUT2D eigenvalue weighted by Gasteiger charge is 2.17. The Bertz CT molecular complexity index is 935. The van der Waals surface area contributed by atoms with Gasteiger partial charge in [-0.2, -0.15) is 5.26 Å². The maximum absolute atomic E-state index is 9.48. The molecule has 0 aliphatic carbocycles. The molecule has 1 aliphatic heterocycles. The molecule has 1 fully saturated rings. The van der Waals surface area contributed by atoms with Crippen molar-refractivity contribution in [1.29, 1.82) is 5.26 Å². The molecule has 2 aromatic heterocycles. The van der Waals surface area contributed by atoms with E-state index < -0.39 is 0 Å². The summed E-state index contributed by atoms with van der Waals surface area (Å²) in [4.78, 5) is 10.3. The first-order chi connectivity index (χ1) is 11.8. The summed E-state index contributed by atoms with van der Waals surface area (Å²) in [6, 6.07) is 12.0. The lowest BCUT2D eigenvalue weighted by Crippen LogP contribution is -2.14. The molecular weight excluding hydrogens is 304 g/mol. The summed E-state index contributed by atoms with van der Waals surface area (Å²) in [5.41, 5.74) is 6.94. The molecule has 4 rings (SSSR count). The van der Waals surface area contributed by atoms with Crippen LogP contribution in [0, 0.1) is 24.2 Å². The van der Waals surface area contributed by atoms with Crippen LogP contribution >= 0.6 is 0 Å². The average molecular weight is 322 g/mol. The van der Waals surface area contributed by atoms with Crippen LogP contribution in [0.5, 0.6) is 0 Å². The van der Waals surface area contributed by atoms with Crippen molar-refractivity contribution in [2.24, 2.45) is 5.92 Å². The number of pyridine rings is 1. The summed E-state index contributed by atoms with van der Waals surface area (Å²) in [7, 11) is 0. The zero-order chi connectivity index (χ0) is 16.5. The van der Waals surface area contributed by atoms with Gasteiger partial charge in [0, 0.05) is 12.5 Å². The zero-order valence-corrected chi connectivity index (χ0v) is 13.5. The fraction of sp³-hybridized carbons (Fsp3) is 0.333. The molecule has 1 saturated heterocycles. The van der Waals surface area contributed by atoms with Gasteiger partial charge in [-0.05, 0) is 37.1 Å². The van der Waals surface area contributed by atoms with E-state index in [9.17, 15) is 5.26 Å². The highest BCUT2D eigenvalue weighted by Crippen LogP contribution is 2.26. The smallest absolute Gasteiger partial charge is 0.157 e. The van der Waals surface area contributed by atoms with E-state index >= 15 is 0 Å². The van der Waals surface area contributed by atoms with Crippen LogP contribution in [-0.2, 0) is 9.57 Å². The van der Waals surface area contributed by atoms with Crippen LogP contribution in [0.3, 0.4) is 0 Å². The second-order valence-electron chi connectivity index (χ2n) is 6.10. The molecule has 1 unspecified atom stereocenters. The van der Waals surface area contributed by atoms with Crippen LogP contribution in [0.25, 0.3) is 16.7 Å². The van der Waals surface area contributed by atoms with E-state index in [1.807, 2.05) is 41.7 Å². The van der Waals surface area contributed by atoms with Crippen LogP contribution in [-0.4, -0.2) is 29.2 Å². The SMILES string of the molecule is Cc1cc(NOCC2CCOC2)n2c(nc3ccccc32)c1C#N. The van der Waals surface area contributed by atoms with E-state index in [-0.39, 0.29) is 0 Å². The van der Waals surface area contributed by atoms with Crippen LogP contribution < -0.4 is 5.48 Å². The molecule has 1 N–H and O–H groups in total. The summed E-state index contributed by atoms with van der Waals surface area (Å²) in [5.74, 6) is 1.20. The third kappa shape index (κ3) is 2.48. The van der Waals surface area contributed by atoms with Gasteiger partial charge < -0.3 is 4.74 Å². The summed E-state index contributed by atoms with van der Waals surface area (Å²) in [5, 5.41) is 9.48. The number of imidazole rings is 1. The maximum Gasteiger partial charge on any atom is 0.157 e. The number of fused-ring (bicyclic) bond motifs is 3. The molecule has 6 nitrogen and oxygen atoms in total. The Balaban J connectivity index is 1.75. The summed E-state index contributed by atoms with van der Waals surface area (Å²) >= 11 is 0. The number of aryl methyl sites for hydroxylation is 1. The lowest BCUT2D eigenvalue weighted by Gasteiger charge is -2.14. The Morgan fingerprint density at radius 3 is 3.12 bits per heavy atom. The van der Waals surface area contributed by atoms with E-state index in [1.165, 1.54) is 0 Å². The third-order valence-corrected chi connectivity index (χ3v) is 4.40. The first kappa shape index (κ1) is 14.9. The van der Waals surface area contributed by atoms with Crippen LogP contribution in [0.1, 0.15) is 17.5 Å². The van der Waals surface area contributed by atoms with E-state index in [4.69, 9.17) is 9.57 Å². The number of hydrogen-bond acceptors (Lipinski definition) is 5. The minimum atomic E-state index is 0.423. The monoisotopic (exact) mass is 322 g/mol. The number of hydrogen-bond donors (Lipinski definition) is 1. The molecule has 1 aromatic carbocycles. The molecule has 0 saturated carbocycles. The molecule has 0 amide bonds. The lowest BCUT2D eigenvalue weighted by molar-refractivity contribution is 0.126. The second kappa shape index (κ2) is 6.11. The molecule has 1 atom stereocenters. The van der Waals surface area contributed by atoms with Crippen molar-refractivity contribution in [2.45, 2.75) is 13.3 Å². The number of ether oxygens (including phenoxy) is 1. The van der Waals surface area contributed by atoms with Gasteiger partial charge in [0.15, 0.2) is 5.65 Å². The van der Waals surface area contributed by atoms with Crippen molar-refractivity contribution >= 4 is 22.5 Å². The van der Waals surface area contributed by atoms with Crippen molar-refractivity contribution in [3.8, 4) is 6.07 Å². The molecular formula is C18H18N4O2. The lowest BCUT2D eigenvalue weighted by atomic mass is 10.1. The zero-order valence-electron chi connectivity index (χ0n) is 13.5. The predicted molar refractivity (Wildman–Crippen MR) is 90.7 cm³/mol. The molecule has 3 heterocycles. The highest BCUT2D eigenvalue weighted by molar-refractivity contribution is 5.85. The third-order valence-electron chi connectivity index (χ3n) is 4.40. The Morgan fingerprint density at radius 2 is 2.33 bits per heavy atom. The van der Waals surface area contributed by atoms with Crippen molar-refractivity contribution in [2.75, 3.05) is 25.3 Å². The van der Waals surface area contributed by atoms with Gasteiger partial charge in [0.1, 0.15) is 11.9 Å². The van der Waals surface area contributed by atoms with Gasteiger partial charge in [0.2, 0.25) is 0 Å². The van der Waals surface area contributed by atoms with Crippen molar-refractivity contribution in [3.05, 3.63) is 41.5 Å². The molecule has 0 radical (unpaired) electrons. The quantitative estimate of drug-likeness (QED) is 0.748. The van der Waals surface area contributed by atoms with Gasteiger partial charge in [-0.15, -0.1) is 0 Å². The van der Waals surface area contributed by atoms with Gasteiger partial charge in [-0.3, -0.25) is 14.7 Å². The Hall–Kier alpha value is -2.62. The number of aromatic nitrogens is 2. The van der Waals surface area contributed by atoms with Crippen LogP contribution in [0.4, 0.5) is 5.82 Å². The molecule has 122 valence electrons. The topological polar surface area (TPSA) is 71.6 Å².